The van der Waals surface area contributed by atoms with Gasteiger partial charge in [0, 0.05) is 5.56 Å². The molecule has 0 bridgehead atoms. The standard InChI is InChI=1S/C13H13NO3/c15-12(16)10-5-7-14-13(10)6-8-17-11-4-2-1-3-9(11)13/h1-4,6,8,10,14H,5,7H2,(H,15,16). The zero-order valence-corrected chi connectivity index (χ0v) is 9.22. The first-order valence-corrected chi connectivity index (χ1v) is 5.66. The summed E-state index contributed by atoms with van der Waals surface area (Å²) in [6, 6.07) is 7.57. The number of carboxylic acids is 1. The summed E-state index contributed by atoms with van der Waals surface area (Å²) >= 11 is 0. The Bertz CT molecular complexity index is 497. The number of benzene rings is 1. The minimum atomic E-state index is -0.767. The summed E-state index contributed by atoms with van der Waals surface area (Å²) in [7, 11) is 0. The summed E-state index contributed by atoms with van der Waals surface area (Å²) < 4.78 is 5.42. The van der Waals surface area contributed by atoms with Crippen LogP contribution in [0, 0.1) is 5.92 Å². The lowest BCUT2D eigenvalue weighted by atomic mass is 9.78. The van der Waals surface area contributed by atoms with Gasteiger partial charge in [-0.25, -0.2) is 0 Å². The number of ether oxygens (including phenoxy) is 1. The van der Waals surface area contributed by atoms with Gasteiger partial charge in [0.2, 0.25) is 0 Å². The molecule has 2 aliphatic rings. The Labute approximate surface area is 98.9 Å². The molecule has 4 heteroatoms. The maximum absolute atomic E-state index is 11.4. The second kappa shape index (κ2) is 3.60. The number of nitrogens with one attached hydrogen (secondary N) is 1. The van der Waals surface area contributed by atoms with Crippen LogP contribution in [0.5, 0.6) is 5.75 Å². The van der Waals surface area contributed by atoms with Gasteiger partial charge in [-0.3, -0.25) is 4.79 Å². The van der Waals surface area contributed by atoms with Gasteiger partial charge in [-0.05, 0) is 25.1 Å². The molecule has 4 nitrogen and oxygen atoms in total. The van der Waals surface area contributed by atoms with Crippen LogP contribution in [0.3, 0.4) is 0 Å². The summed E-state index contributed by atoms with van der Waals surface area (Å²) in [4.78, 5) is 11.4. The van der Waals surface area contributed by atoms with Gasteiger partial charge >= 0.3 is 5.97 Å². The van der Waals surface area contributed by atoms with E-state index in [1.165, 1.54) is 0 Å². The van der Waals surface area contributed by atoms with E-state index in [4.69, 9.17) is 4.74 Å². The average Bonchev–Trinajstić information content (AvgIpc) is 2.74. The molecule has 1 aromatic carbocycles. The lowest BCUT2D eigenvalue weighted by Gasteiger charge is -2.34. The molecule has 1 fully saturated rings. The zero-order chi connectivity index (χ0) is 11.9. The van der Waals surface area contributed by atoms with E-state index in [0.717, 1.165) is 11.3 Å². The Balaban J connectivity index is 2.16. The Morgan fingerprint density at radius 1 is 1.47 bits per heavy atom. The fourth-order valence-corrected chi connectivity index (χ4v) is 2.77. The van der Waals surface area contributed by atoms with E-state index in [2.05, 4.69) is 5.32 Å². The highest BCUT2D eigenvalue weighted by atomic mass is 16.5. The van der Waals surface area contributed by atoms with Crippen molar-refractivity contribution < 1.29 is 14.6 Å². The first kappa shape index (κ1) is 10.4. The van der Waals surface area contributed by atoms with Gasteiger partial charge in [0.15, 0.2) is 0 Å². The van der Waals surface area contributed by atoms with Gasteiger partial charge in [-0.1, -0.05) is 18.2 Å². The van der Waals surface area contributed by atoms with E-state index in [-0.39, 0.29) is 0 Å². The van der Waals surface area contributed by atoms with Crippen molar-refractivity contribution in [3.63, 3.8) is 0 Å². The van der Waals surface area contributed by atoms with E-state index in [0.29, 0.717) is 13.0 Å². The molecule has 1 spiro atoms. The molecule has 0 radical (unpaired) electrons. The van der Waals surface area contributed by atoms with Crippen LogP contribution in [0.4, 0.5) is 0 Å². The van der Waals surface area contributed by atoms with Crippen molar-refractivity contribution in [3.05, 3.63) is 42.2 Å². The molecule has 17 heavy (non-hydrogen) atoms. The maximum Gasteiger partial charge on any atom is 0.309 e. The predicted molar refractivity (Wildman–Crippen MR) is 61.6 cm³/mol. The monoisotopic (exact) mass is 231 g/mol. The third-order valence-electron chi connectivity index (χ3n) is 3.56. The molecule has 2 aliphatic heterocycles. The number of para-hydroxylation sites is 1. The molecule has 1 aromatic rings. The fourth-order valence-electron chi connectivity index (χ4n) is 2.77. The van der Waals surface area contributed by atoms with Crippen molar-refractivity contribution >= 4 is 5.97 Å². The minimum absolute atomic E-state index is 0.441. The molecule has 2 atom stereocenters. The predicted octanol–water partition coefficient (Wildman–Crippen LogP) is 1.48. The van der Waals surface area contributed by atoms with Crippen molar-refractivity contribution in [2.24, 2.45) is 5.92 Å². The van der Waals surface area contributed by atoms with Crippen LogP contribution in [0.15, 0.2) is 36.6 Å². The molecular weight excluding hydrogens is 218 g/mol. The third-order valence-corrected chi connectivity index (χ3v) is 3.56. The first-order chi connectivity index (χ1) is 8.24. The second-order valence-electron chi connectivity index (χ2n) is 4.39. The zero-order valence-electron chi connectivity index (χ0n) is 9.22. The Hall–Kier alpha value is -1.81. The molecule has 0 amide bonds. The highest BCUT2D eigenvalue weighted by Crippen LogP contribution is 2.44. The molecular formula is C13H13NO3. The molecule has 0 aliphatic carbocycles. The number of fused-ring (bicyclic) bond motifs is 2. The van der Waals surface area contributed by atoms with Gasteiger partial charge in [0.25, 0.3) is 0 Å². The molecule has 1 saturated heterocycles. The number of rotatable bonds is 1. The summed E-state index contributed by atoms with van der Waals surface area (Å²) in [6.07, 6.45) is 4.03. The van der Waals surface area contributed by atoms with Crippen molar-refractivity contribution in [2.45, 2.75) is 12.0 Å². The first-order valence-electron chi connectivity index (χ1n) is 5.66. The van der Waals surface area contributed by atoms with Gasteiger partial charge < -0.3 is 15.2 Å². The van der Waals surface area contributed by atoms with Crippen LogP contribution in [0.2, 0.25) is 0 Å². The number of hydrogen-bond acceptors (Lipinski definition) is 3. The van der Waals surface area contributed by atoms with E-state index >= 15 is 0 Å². The molecule has 88 valence electrons. The molecule has 2 N–H and O–H groups in total. The van der Waals surface area contributed by atoms with E-state index in [1.54, 1.807) is 6.26 Å². The summed E-state index contributed by atoms with van der Waals surface area (Å²) in [5.41, 5.74) is 0.299. The SMILES string of the molecule is O=C(O)C1CCNC12C=COc1ccccc12. The van der Waals surface area contributed by atoms with Crippen molar-refractivity contribution in [3.8, 4) is 5.75 Å². The van der Waals surface area contributed by atoms with E-state index < -0.39 is 17.4 Å². The van der Waals surface area contributed by atoms with Crippen molar-refractivity contribution in [2.75, 3.05) is 6.54 Å². The van der Waals surface area contributed by atoms with E-state index in [9.17, 15) is 9.90 Å². The quantitative estimate of drug-likeness (QED) is 0.768. The van der Waals surface area contributed by atoms with Crippen molar-refractivity contribution in [1.82, 2.24) is 5.32 Å². The molecule has 0 saturated carbocycles. The Morgan fingerprint density at radius 2 is 2.29 bits per heavy atom. The molecule has 2 heterocycles. The maximum atomic E-state index is 11.4. The summed E-state index contributed by atoms with van der Waals surface area (Å²) in [6.45, 7) is 0.704. The van der Waals surface area contributed by atoms with Crippen LogP contribution in [-0.2, 0) is 10.3 Å². The lowest BCUT2D eigenvalue weighted by Crippen LogP contribution is -2.44. The minimum Gasteiger partial charge on any atom is -0.481 e. The van der Waals surface area contributed by atoms with Gasteiger partial charge in [-0.2, -0.15) is 0 Å². The summed E-state index contributed by atoms with van der Waals surface area (Å²) in [5, 5.41) is 12.7. The Kier molecular flexibility index (Phi) is 2.19. The number of hydrogen-bond donors (Lipinski definition) is 2. The number of carboxylic acid groups (broad SMARTS) is 1. The molecule has 3 rings (SSSR count). The van der Waals surface area contributed by atoms with Crippen molar-refractivity contribution in [1.29, 1.82) is 0 Å². The smallest absolute Gasteiger partial charge is 0.309 e. The number of aliphatic carboxylic acids is 1. The fraction of sp³-hybridized carbons (Fsp3) is 0.308. The van der Waals surface area contributed by atoms with E-state index in [1.807, 2.05) is 30.3 Å². The average molecular weight is 231 g/mol. The van der Waals surface area contributed by atoms with Gasteiger partial charge in [0.1, 0.15) is 5.75 Å². The Morgan fingerprint density at radius 3 is 3.12 bits per heavy atom. The topological polar surface area (TPSA) is 58.6 Å². The van der Waals surface area contributed by atoms with Crippen LogP contribution in [0.1, 0.15) is 12.0 Å². The second-order valence-corrected chi connectivity index (χ2v) is 4.39. The van der Waals surface area contributed by atoms with Gasteiger partial charge in [-0.15, -0.1) is 0 Å². The van der Waals surface area contributed by atoms with Crippen LogP contribution in [-0.4, -0.2) is 17.6 Å². The van der Waals surface area contributed by atoms with Gasteiger partial charge in [0.05, 0.1) is 17.7 Å². The lowest BCUT2D eigenvalue weighted by molar-refractivity contribution is -0.143. The highest BCUT2D eigenvalue weighted by Gasteiger charge is 2.48. The molecule has 2 unspecified atom stereocenters. The van der Waals surface area contributed by atoms with Crippen LogP contribution in [0.25, 0.3) is 0 Å². The largest absolute Gasteiger partial charge is 0.481 e. The summed E-state index contributed by atoms with van der Waals surface area (Å²) in [5.74, 6) is -0.476. The molecule has 0 aromatic heterocycles. The highest BCUT2D eigenvalue weighted by molar-refractivity contribution is 5.74. The number of carbonyl (C=O) groups is 1. The van der Waals surface area contributed by atoms with Crippen LogP contribution >= 0.6 is 0 Å². The van der Waals surface area contributed by atoms with Crippen LogP contribution < -0.4 is 10.1 Å². The normalized spacial score (nSPS) is 30.0. The third kappa shape index (κ3) is 1.37.